The third kappa shape index (κ3) is 3.33. The number of aliphatic hydroxyl groups excluding tert-OH is 1. The predicted octanol–water partition coefficient (Wildman–Crippen LogP) is 3.63. The lowest BCUT2D eigenvalue weighted by molar-refractivity contribution is 0.0932. The Bertz CT molecular complexity index is 444. The zero-order valence-electron chi connectivity index (χ0n) is 10.9. The molecule has 0 amide bonds. The second kappa shape index (κ2) is 5.85. The van der Waals surface area contributed by atoms with E-state index in [1.807, 2.05) is 6.07 Å². The van der Waals surface area contributed by atoms with E-state index >= 15 is 0 Å². The highest BCUT2D eigenvalue weighted by molar-refractivity contribution is 6.31. The molecule has 1 aromatic heterocycles. The molecule has 98 valence electrons. The molecule has 0 radical (unpaired) electrons. The summed E-state index contributed by atoms with van der Waals surface area (Å²) < 4.78 is 0. The first-order valence-electron chi connectivity index (χ1n) is 6.50. The molecule has 2 rings (SSSR count). The molecule has 0 saturated carbocycles. The van der Waals surface area contributed by atoms with Crippen LogP contribution in [0, 0.1) is 11.8 Å². The van der Waals surface area contributed by atoms with E-state index in [-0.39, 0.29) is 6.10 Å². The third-order valence-corrected chi connectivity index (χ3v) is 4.00. The number of allylic oxidation sites excluding steroid dienone is 2. The zero-order chi connectivity index (χ0) is 13.1. The maximum atomic E-state index is 10.4. The molecule has 3 atom stereocenters. The molecule has 0 fully saturated rings. The third-order valence-electron chi connectivity index (χ3n) is 3.66. The Hall–Kier alpha value is -0.860. The monoisotopic (exact) mass is 265 g/mol. The van der Waals surface area contributed by atoms with Crippen molar-refractivity contribution in [1.82, 2.24) is 4.98 Å². The molecule has 1 heterocycles. The second-order valence-electron chi connectivity index (χ2n) is 5.43. The van der Waals surface area contributed by atoms with Gasteiger partial charge in [-0.15, -0.1) is 0 Å². The van der Waals surface area contributed by atoms with Gasteiger partial charge in [-0.3, -0.25) is 4.98 Å². The fourth-order valence-electron chi connectivity index (χ4n) is 2.85. The SMILES string of the molecule is CC1=CC(C)CC(C(O)Cc2ccncc2Cl)C1. The fraction of sp³-hybridized carbons (Fsp3) is 0.533. The van der Waals surface area contributed by atoms with E-state index in [4.69, 9.17) is 11.6 Å². The van der Waals surface area contributed by atoms with Crippen molar-refractivity contribution in [3.05, 3.63) is 40.7 Å². The van der Waals surface area contributed by atoms with Crippen LogP contribution in [0.4, 0.5) is 0 Å². The van der Waals surface area contributed by atoms with Crippen molar-refractivity contribution >= 4 is 11.6 Å². The van der Waals surface area contributed by atoms with Gasteiger partial charge in [0.15, 0.2) is 0 Å². The van der Waals surface area contributed by atoms with Crippen LogP contribution in [0.2, 0.25) is 5.02 Å². The minimum absolute atomic E-state index is 0.323. The maximum absolute atomic E-state index is 10.4. The molecule has 0 aromatic carbocycles. The lowest BCUT2D eigenvalue weighted by atomic mass is 9.79. The number of rotatable bonds is 3. The van der Waals surface area contributed by atoms with Gasteiger partial charge in [0.05, 0.1) is 11.1 Å². The highest BCUT2D eigenvalue weighted by Crippen LogP contribution is 2.31. The smallest absolute Gasteiger partial charge is 0.0622 e. The van der Waals surface area contributed by atoms with Gasteiger partial charge in [-0.2, -0.15) is 0 Å². The summed E-state index contributed by atoms with van der Waals surface area (Å²) in [5, 5.41) is 11.0. The van der Waals surface area contributed by atoms with Gasteiger partial charge in [-0.25, -0.2) is 0 Å². The quantitative estimate of drug-likeness (QED) is 0.847. The van der Waals surface area contributed by atoms with Gasteiger partial charge in [0.2, 0.25) is 0 Å². The molecule has 2 nitrogen and oxygen atoms in total. The number of halogens is 1. The summed E-state index contributed by atoms with van der Waals surface area (Å²) in [5.74, 6) is 0.903. The van der Waals surface area contributed by atoms with E-state index in [1.165, 1.54) is 5.57 Å². The van der Waals surface area contributed by atoms with Gasteiger partial charge in [-0.1, -0.05) is 30.2 Å². The second-order valence-corrected chi connectivity index (χ2v) is 5.84. The summed E-state index contributed by atoms with van der Waals surface area (Å²) in [6.07, 6.45) is 8.02. The highest BCUT2D eigenvalue weighted by Gasteiger charge is 2.25. The van der Waals surface area contributed by atoms with Crippen LogP contribution in [0.5, 0.6) is 0 Å². The van der Waals surface area contributed by atoms with Crippen LogP contribution in [0.3, 0.4) is 0 Å². The average molecular weight is 266 g/mol. The summed E-state index contributed by atoms with van der Waals surface area (Å²) in [6.45, 7) is 4.36. The van der Waals surface area contributed by atoms with Gasteiger partial charge < -0.3 is 5.11 Å². The number of hydrogen-bond acceptors (Lipinski definition) is 2. The fourth-order valence-corrected chi connectivity index (χ4v) is 3.05. The van der Waals surface area contributed by atoms with Crippen LogP contribution in [0.15, 0.2) is 30.1 Å². The van der Waals surface area contributed by atoms with E-state index < -0.39 is 0 Å². The minimum Gasteiger partial charge on any atom is -0.392 e. The topological polar surface area (TPSA) is 33.1 Å². The first-order chi connectivity index (χ1) is 8.56. The van der Waals surface area contributed by atoms with Gasteiger partial charge in [0.25, 0.3) is 0 Å². The van der Waals surface area contributed by atoms with E-state index in [1.54, 1.807) is 12.4 Å². The molecule has 0 aliphatic heterocycles. The minimum atomic E-state index is -0.323. The van der Waals surface area contributed by atoms with E-state index in [0.717, 1.165) is 18.4 Å². The van der Waals surface area contributed by atoms with Crippen LogP contribution in [-0.2, 0) is 6.42 Å². The lowest BCUT2D eigenvalue weighted by Crippen LogP contribution is -2.27. The van der Waals surface area contributed by atoms with Crippen molar-refractivity contribution in [2.75, 3.05) is 0 Å². The molecule has 1 aliphatic rings. The standard InChI is InChI=1S/C15H20ClNO/c1-10-5-11(2)7-13(6-10)15(18)8-12-3-4-17-9-14(12)16/h3-5,9-10,13,15,18H,6-8H2,1-2H3. The van der Waals surface area contributed by atoms with Crippen molar-refractivity contribution in [3.63, 3.8) is 0 Å². The van der Waals surface area contributed by atoms with Gasteiger partial charge in [0.1, 0.15) is 0 Å². The first kappa shape index (κ1) is 13.6. The van der Waals surface area contributed by atoms with Crippen molar-refractivity contribution in [1.29, 1.82) is 0 Å². The zero-order valence-corrected chi connectivity index (χ0v) is 11.7. The van der Waals surface area contributed by atoms with Crippen LogP contribution in [0.25, 0.3) is 0 Å². The Morgan fingerprint density at radius 2 is 2.33 bits per heavy atom. The van der Waals surface area contributed by atoms with Gasteiger partial charge in [-0.05, 0) is 43.2 Å². The Morgan fingerprint density at radius 1 is 1.56 bits per heavy atom. The van der Waals surface area contributed by atoms with E-state index in [0.29, 0.717) is 23.3 Å². The molecule has 1 N–H and O–H groups in total. The van der Waals surface area contributed by atoms with Crippen molar-refractivity contribution < 1.29 is 5.11 Å². The summed E-state index contributed by atoms with van der Waals surface area (Å²) >= 11 is 6.08. The van der Waals surface area contributed by atoms with Gasteiger partial charge in [0, 0.05) is 18.8 Å². The Kier molecular flexibility index (Phi) is 4.41. The molecule has 0 bridgehead atoms. The molecule has 3 unspecified atom stereocenters. The van der Waals surface area contributed by atoms with Gasteiger partial charge >= 0.3 is 0 Å². The van der Waals surface area contributed by atoms with E-state index in [2.05, 4.69) is 24.9 Å². The van der Waals surface area contributed by atoms with Crippen LogP contribution >= 0.6 is 11.6 Å². The molecule has 0 spiro atoms. The highest BCUT2D eigenvalue weighted by atomic mass is 35.5. The van der Waals surface area contributed by atoms with E-state index in [9.17, 15) is 5.11 Å². The number of hydrogen-bond donors (Lipinski definition) is 1. The summed E-state index contributed by atoms with van der Waals surface area (Å²) in [5.41, 5.74) is 2.37. The number of nitrogens with zero attached hydrogens (tertiary/aromatic N) is 1. The van der Waals surface area contributed by atoms with Crippen LogP contribution < -0.4 is 0 Å². The molecule has 3 heteroatoms. The largest absolute Gasteiger partial charge is 0.392 e. The van der Waals surface area contributed by atoms with Crippen molar-refractivity contribution in [2.24, 2.45) is 11.8 Å². The van der Waals surface area contributed by atoms with Crippen molar-refractivity contribution in [2.45, 2.75) is 39.2 Å². The van der Waals surface area contributed by atoms with Crippen molar-refractivity contribution in [3.8, 4) is 0 Å². The molecule has 18 heavy (non-hydrogen) atoms. The first-order valence-corrected chi connectivity index (χ1v) is 6.88. The molecular weight excluding hydrogens is 246 g/mol. The maximum Gasteiger partial charge on any atom is 0.0622 e. The number of aromatic nitrogens is 1. The predicted molar refractivity (Wildman–Crippen MR) is 74.6 cm³/mol. The number of pyridine rings is 1. The van der Waals surface area contributed by atoms with Crippen LogP contribution in [-0.4, -0.2) is 16.2 Å². The lowest BCUT2D eigenvalue weighted by Gasteiger charge is -2.29. The normalized spacial score (nSPS) is 25.7. The molecular formula is C15H20ClNO. The van der Waals surface area contributed by atoms with Crippen LogP contribution in [0.1, 0.15) is 32.3 Å². The Morgan fingerprint density at radius 3 is 3.00 bits per heavy atom. The summed E-state index contributed by atoms with van der Waals surface area (Å²) in [6, 6.07) is 1.89. The molecule has 1 aliphatic carbocycles. The Balaban J connectivity index is 2.03. The summed E-state index contributed by atoms with van der Waals surface area (Å²) in [7, 11) is 0. The Labute approximate surface area is 114 Å². The average Bonchev–Trinajstić information content (AvgIpc) is 2.31. The number of aliphatic hydroxyl groups is 1. The summed E-state index contributed by atoms with van der Waals surface area (Å²) in [4.78, 5) is 3.97. The molecule has 0 saturated heterocycles. The molecule has 1 aromatic rings.